The van der Waals surface area contributed by atoms with E-state index in [9.17, 15) is 18.8 Å². The largest absolute Gasteiger partial charge is 0.442 e. The Bertz CT molecular complexity index is 1250. The highest BCUT2D eigenvalue weighted by Crippen LogP contribution is 2.29. The number of hydrogen-bond donors (Lipinski definition) is 4. The van der Waals surface area contributed by atoms with Crippen LogP contribution in [0.1, 0.15) is 18.2 Å². The topological polar surface area (TPSA) is 156 Å². The lowest BCUT2D eigenvalue weighted by atomic mass is 10.0. The number of carbonyl (C=O) groups is 3. The minimum Gasteiger partial charge on any atom is -0.442 e. The van der Waals surface area contributed by atoms with E-state index in [4.69, 9.17) is 16.2 Å². The van der Waals surface area contributed by atoms with Gasteiger partial charge in [-0.05, 0) is 36.2 Å². The number of amides is 2. The summed E-state index contributed by atoms with van der Waals surface area (Å²) in [6.45, 7) is 1.78. The van der Waals surface area contributed by atoms with E-state index in [2.05, 4.69) is 15.3 Å². The fraction of sp³-hybridized carbons (Fsp3) is 0.280. The first-order valence-electron chi connectivity index (χ1n) is 11.4. The number of nitrogens with zero attached hydrogens (tertiary/aromatic N) is 2. The van der Waals surface area contributed by atoms with Gasteiger partial charge in [-0.2, -0.15) is 0 Å². The minimum atomic E-state index is -0.931. The highest BCUT2D eigenvalue weighted by atomic mass is 19.1. The third kappa shape index (κ3) is 5.58. The second-order valence-corrected chi connectivity index (χ2v) is 8.65. The van der Waals surface area contributed by atoms with Crippen molar-refractivity contribution in [3.05, 3.63) is 72.1 Å². The standard InChI is InChI=1S/C25H27FN6O4/c1-14(33)23(27)22-12-32(25(35)36-22)18-6-7-19(20(26)9-18)16-4-2-15(3-5-16)10-30-21(24(28)34)8-17-11-29-13-31-17/h2-7,9,11,13,21-23,30H,8,10,12,27H2,1H3,(H2,28,34)(H,29,31)/t21?,22?,23-/m1/s1. The number of H-pyrrole nitrogens is 1. The van der Waals surface area contributed by atoms with Crippen LogP contribution in [0, 0.1) is 5.82 Å². The number of imidazole rings is 1. The molecule has 1 aliphatic heterocycles. The predicted molar refractivity (Wildman–Crippen MR) is 130 cm³/mol. The molecule has 6 N–H and O–H groups in total. The van der Waals surface area contributed by atoms with Crippen molar-refractivity contribution in [2.75, 3.05) is 11.4 Å². The van der Waals surface area contributed by atoms with Crippen molar-refractivity contribution in [1.29, 1.82) is 0 Å². The van der Waals surface area contributed by atoms with Crippen LogP contribution < -0.4 is 21.7 Å². The van der Waals surface area contributed by atoms with Crippen LogP contribution in [0.25, 0.3) is 11.1 Å². The van der Waals surface area contributed by atoms with Gasteiger partial charge in [-0.1, -0.05) is 24.3 Å². The SMILES string of the molecule is CC(=O)[C@@H](N)C1CN(c2ccc(-c3ccc(CNC(Cc4cnc[nH]4)C(N)=O)cc3)c(F)c2)C(=O)O1. The Labute approximate surface area is 206 Å². The van der Waals surface area contributed by atoms with Crippen LogP contribution >= 0.6 is 0 Å². The molecule has 1 saturated heterocycles. The first-order chi connectivity index (χ1) is 17.2. The summed E-state index contributed by atoms with van der Waals surface area (Å²) in [4.78, 5) is 43.7. The summed E-state index contributed by atoms with van der Waals surface area (Å²) < 4.78 is 20.2. The van der Waals surface area contributed by atoms with Crippen LogP contribution in [-0.4, -0.2) is 52.5 Å². The van der Waals surface area contributed by atoms with Gasteiger partial charge in [-0.15, -0.1) is 0 Å². The van der Waals surface area contributed by atoms with Crippen LogP contribution in [0.2, 0.25) is 0 Å². The molecule has 0 bridgehead atoms. The Morgan fingerprint density at radius 2 is 2.03 bits per heavy atom. The monoisotopic (exact) mass is 494 g/mol. The lowest BCUT2D eigenvalue weighted by Gasteiger charge is -2.16. The molecule has 2 amide bonds. The number of nitrogens with two attached hydrogens (primary N) is 2. The highest BCUT2D eigenvalue weighted by Gasteiger charge is 2.37. The normalized spacial score (nSPS) is 17.0. The Morgan fingerprint density at radius 3 is 2.64 bits per heavy atom. The van der Waals surface area contributed by atoms with Gasteiger partial charge in [0, 0.05) is 30.4 Å². The Kier molecular flexibility index (Phi) is 7.41. The van der Waals surface area contributed by atoms with Crippen LogP contribution in [0.4, 0.5) is 14.9 Å². The summed E-state index contributed by atoms with van der Waals surface area (Å²) in [5.41, 5.74) is 14.3. The molecule has 2 unspecified atom stereocenters. The van der Waals surface area contributed by atoms with Crippen molar-refractivity contribution >= 4 is 23.5 Å². The number of primary amides is 1. The van der Waals surface area contributed by atoms with Gasteiger partial charge in [0.2, 0.25) is 5.91 Å². The summed E-state index contributed by atoms with van der Waals surface area (Å²) in [6.07, 6.45) is 2.10. The highest BCUT2D eigenvalue weighted by molar-refractivity contribution is 5.92. The second-order valence-electron chi connectivity index (χ2n) is 8.65. The van der Waals surface area contributed by atoms with Gasteiger partial charge in [0.25, 0.3) is 0 Å². The van der Waals surface area contributed by atoms with Gasteiger partial charge in [0.05, 0.1) is 24.6 Å². The van der Waals surface area contributed by atoms with Gasteiger partial charge in [0.1, 0.15) is 23.7 Å². The molecule has 2 aromatic carbocycles. The molecule has 11 heteroatoms. The van der Waals surface area contributed by atoms with Crippen molar-refractivity contribution in [2.24, 2.45) is 11.5 Å². The maximum Gasteiger partial charge on any atom is 0.414 e. The average molecular weight is 495 g/mol. The first kappa shape index (κ1) is 25.0. The van der Waals surface area contributed by atoms with E-state index in [1.165, 1.54) is 24.2 Å². The van der Waals surface area contributed by atoms with E-state index in [0.717, 1.165) is 11.3 Å². The molecule has 10 nitrogen and oxygen atoms in total. The van der Waals surface area contributed by atoms with Gasteiger partial charge in [-0.3, -0.25) is 14.5 Å². The van der Waals surface area contributed by atoms with Crippen molar-refractivity contribution in [1.82, 2.24) is 15.3 Å². The third-order valence-electron chi connectivity index (χ3n) is 6.11. The molecular formula is C25H27FN6O4. The number of benzene rings is 2. The zero-order chi connectivity index (χ0) is 25.8. The molecule has 3 aromatic rings. The number of aromatic amines is 1. The number of cyclic esters (lactones) is 1. The summed E-state index contributed by atoms with van der Waals surface area (Å²) in [5.74, 6) is -1.28. The number of ketones is 1. The number of anilines is 1. The molecule has 1 fully saturated rings. The van der Waals surface area contributed by atoms with Crippen molar-refractivity contribution in [3.63, 3.8) is 0 Å². The van der Waals surface area contributed by atoms with E-state index >= 15 is 0 Å². The maximum atomic E-state index is 15.0. The summed E-state index contributed by atoms with van der Waals surface area (Å²) in [7, 11) is 0. The van der Waals surface area contributed by atoms with Crippen LogP contribution in [-0.2, 0) is 27.3 Å². The number of carbonyl (C=O) groups excluding carboxylic acids is 3. The second kappa shape index (κ2) is 10.7. The zero-order valence-corrected chi connectivity index (χ0v) is 19.6. The Morgan fingerprint density at radius 1 is 1.28 bits per heavy atom. The van der Waals surface area contributed by atoms with Crippen molar-refractivity contribution in [2.45, 2.75) is 38.1 Å². The van der Waals surface area contributed by atoms with E-state index in [0.29, 0.717) is 29.8 Å². The lowest BCUT2D eigenvalue weighted by Crippen LogP contribution is -2.43. The van der Waals surface area contributed by atoms with E-state index in [1.807, 2.05) is 12.1 Å². The summed E-state index contributed by atoms with van der Waals surface area (Å²) >= 11 is 0. The third-order valence-corrected chi connectivity index (χ3v) is 6.11. The number of rotatable bonds is 10. The number of hydrogen-bond acceptors (Lipinski definition) is 7. The molecule has 0 saturated carbocycles. The van der Waals surface area contributed by atoms with Crippen molar-refractivity contribution < 1.29 is 23.5 Å². The zero-order valence-electron chi connectivity index (χ0n) is 19.6. The molecule has 0 radical (unpaired) electrons. The van der Waals surface area contributed by atoms with Crippen LogP contribution in [0.5, 0.6) is 0 Å². The molecule has 3 atom stereocenters. The van der Waals surface area contributed by atoms with Crippen molar-refractivity contribution in [3.8, 4) is 11.1 Å². The Balaban J connectivity index is 1.41. The van der Waals surface area contributed by atoms with E-state index < -0.39 is 36.0 Å². The molecule has 2 heterocycles. The lowest BCUT2D eigenvalue weighted by molar-refractivity contribution is -0.120. The first-order valence-corrected chi connectivity index (χ1v) is 11.4. The fourth-order valence-corrected chi connectivity index (χ4v) is 3.98. The number of halogens is 1. The molecule has 0 spiro atoms. The van der Waals surface area contributed by atoms with Gasteiger partial charge in [-0.25, -0.2) is 14.2 Å². The molecular weight excluding hydrogens is 467 g/mol. The predicted octanol–water partition coefficient (Wildman–Crippen LogP) is 1.64. The van der Waals surface area contributed by atoms with Gasteiger partial charge >= 0.3 is 6.09 Å². The molecule has 4 rings (SSSR count). The smallest absolute Gasteiger partial charge is 0.414 e. The molecule has 188 valence electrons. The number of nitrogens with one attached hydrogen (secondary N) is 2. The molecule has 1 aliphatic rings. The van der Waals surface area contributed by atoms with Gasteiger partial charge < -0.3 is 26.5 Å². The maximum absolute atomic E-state index is 15.0. The molecule has 1 aromatic heterocycles. The minimum absolute atomic E-state index is 0.0622. The quantitative estimate of drug-likeness (QED) is 0.334. The van der Waals surface area contributed by atoms with Gasteiger partial charge in [0.15, 0.2) is 0 Å². The summed E-state index contributed by atoms with van der Waals surface area (Å²) in [6, 6.07) is 10.1. The fourth-order valence-electron chi connectivity index (χ4n) is 3.98. The average Bonchev–Trinajstić information content (AvgIpc) is 3.51. The Hall–Kier alpha value is -4.09. The van der Waals surface area contributed by atoms with E-state index in [-0.39, 0.29) is 12.3 Å². The number of aromatic nitrogens is 2. The van der Waals surface area contributed by atoms with E-state index in [1.54, 1.807) is 30.5 Å². The number of ether oxygens (including phenoxy) is 1. The van der Waals surface area contributed by atoms with Crippen LogP contribution in [0.15, 0.2) is 55.0 Å². The molecule has 36 heavy (non-hydrogen) atoms. The van der Waals surface area contributed by atoms with Crippen LogP contribution in [0.3, 0.4) is 0 Å². The summed E-state index contributed by atoms with van der Waals surface area (Å²) in [5, 5.41) is 3.13. The molecule has 0 aliphatic carbocycles. The number of Topliss-reactive ketones (excluding diaryl/α,β-unsaturated/α-hetero) is 1.